The molecular formula is C12H16N2O. The summed E-state index contributed by atoms with van der Waals surface area (Å²) in [5, 5.41) is 8.47. The SMILES string of the molecule is CC(C)c1ccc(OCC(N)C#N)cc1. The van der Waals surface area contributed by atoms with Crippen LogP contribution in [-0.2, 0) is 0 Å². The number of nitriles is 1. The molecule has 0 aliphatic heterocycles. The molecule has 0 aliphatic carbocycles. The van der Waals surface area contributed by atoms with Crippen molar-refractivity contribution >= 4 is 0 Å². The predicted molar refractivity (Wildman–Crippen MR) is 59.6 cm³/mol. The summed E-state index contributed by atoms with van der Waals surface area (Å²) in [5.74, 6) is 1.27. The number of hydrogen-bond donors (Lipinski definition) is 1. The van der Waals surface area contributed by atoms with Gasteiger partial charge in [-0.3, -0.25) is 0 Å². The van der Waals surface area contributed by atoms with Crippen molar-refractivity contribution in [2.75, 3.05) is 6.61 Å². The fourth-order valence-corrected chi connectivity index (χ4v) is 1.17. The molecule has 0 amide bonds. The minimum absolute atomic E-state index is 0.234. The van der Waals surface area contributed by atoms with Gasteiger partial charge in [0.05, 0.1) is 6.07 Å². The van der Waals surface area contributed by atoms with Crippen molar-refractivity contribution < 1.29 is 4.74 Å². The second-order valence-electron chi connectivity index (χ2n) is 3.77. The molecule has 1 aromatic carbocycles. The fourth-order valence-electron chi connectivity index (χ4n) is 1.17. The maximum atomic E-state index is 8.47. The Labute approximate surface area is 90.5 Å². The molecule has 1 atom stereocenters. The third-order valence-electron chi connectivity index (χ3n) is 2.14. The van der Waals surface area contributed by atoms with Gasteiger partial charge in [0.2, 0.25) is 0 Å². The van der Waals surface area contributed by atoms with Gasteiger partial charge in [-0.1, -0.05) is 26.0 Å². The molecule has 2 N–H and O–H groups in total. The molecule has 80 valence electrons. The van der Waals surface area contributed by atoms with Crippen LogP contribution in [0.2, 0.25) is 0 Å². The van der Waals surface area contributed by atoms with E-state index in [2.05, 4.69) is 13.8 Å². The Morgan fingerprint density at radius 3 is 2.40 bits per heavy atom. The standard InChI is InChI=1S/C12H16N2O/c1-9(2)10-3-5-12(6-4-10)15-8-11(14)7-13/h3-6,9,11H,8,14H2,1-2H3. The lowest BCUT2D eigenvalue weighted by Crippen LogP contribution is -2.25. The number of nitrogens with zero attached hydrogens (tertiary/aromatic N) is 1. The van der Waals surface area contributed by atoms with Gasteiger partial charge in [0.25, 0.3) is 0 Å². The highest BCUT2D eigenvalue weighted by atomic mass is 16.5. The van der Waals surface area contributed by atoms with Gasteiger partial charge in [-0.25, -0.2) is 0 Å². The van der Waals surface area contributed by atoms with E-state index in [1.807, 2.05) is 30.3 Å². The molecule has 1 aromatic rings. The van der Waals surface area contributed by atoms with Gasteiger partial charge in [0.1, 0.15) is 18.4 Å². The zero-order valence-corrected chi connectivity index (χ0v) is 9.10. The van der Waals surface area contributed by atoms with Crippen molar-refractivity contribution in [1.82, 2.24) is 0 Å². The third-order valence-corrected chi connectivity index (χ3v) is 2.14. The van der Waals surface area contributed by atoms with Gasteiger partial charge in [-0.05, 0) is 23.6 Å². The summed E-state index contributed by atoms with van der Waals surface area (Å²) in [4.78, 5) is 0. The molecule has 0 fully saturated rings. The Morgan fingerprint density at radius 1 is 1.33 bits per heavy atom. The lowest BCUT2D eigenvalue weighted by atomic mass is 10.0. The maximum absolute atomic E-state index is 8.47. The Balaban J connectivity index is 2.54. The normalized spacial score (nSPS) is 12.2. The molecule has 3 heteroatoms. The van der Waals surface area contributed by atoms with Gasteiger partial charge in [-0.2, -0.15) is 5.26 Å². The summed E-state index contributed by atoms with van der Waals surface area (Å²) in [6.07, 6.45) is 0. The molecular weight excluding hydrogens is 188 g/mol. The zero-order valence-electron chi connectivity index (χ0n) is 9.10. The van der Waals surface area contributed by atoms with Crippen molar-refractivity contribution in [3.63, 3.8) is 0 Å². The van der Waals surface area contributed by atoms with Crippen LogP contribution in [0.4, 0.5) is 0 Å². The monoisotopic (exact) mass is 204 g/mol. The Morgan fingerprint density at radius 2 is 1.93 bits per heavy atom. The molecule has 0 heterocycles. The summed E-state index contributed by atoms with van der Waals surface area (Å²) in [6, 6.07) is 9.21. The highest BCUT2D eigenvalue weighted by Gasteiger charge is 2.02. The molecule has 1 unspecified atom stereocenters. The fraction of sp³-hybridized carbons (Fsp3) is 0.417. The molecule has 0 radical (unpaired) electrons. The van der Waals surface area contributed by atoms with Gasteiger partial charge < -0.3 is 10.5 Å². The predicted octanol–water partition coefficient (Wildman–Crippen LogP) is 2.04. The van der Waals surface area contributed by atoms with Gasteiger partial charge in [0, 0.05) is 0 Å². The largest absolute Gasteiger partial charge is 0.491 e. The summed E-state index contributed by atoms with van der Waals surface area (Å²) >= 11 is 0. The molecule has 0 saturated heterocycles. The number of ether oxygens (including phenoxy) is 1. The van der Waals surface area contributed by atoms with E-state index in [1.54, 1.807) is 0 Å². The van der Waals surface area contributed by atoms with Gasteiger partial charge in [0.15, 0.2) is 0 Å². The van der Waals surface area contributed by atoms with Crippen LogP contribution < -0.4 is 10.5 Å². The summed E-state index contributed by atoms with van der Waals surface area (Å²) < 4.78 is 5.35. The second kappa shape index (κ2) is 5.38. The van der Waals surface area contributed by atoms with Crippen LogP contribution in [0.1, 0.15) is 25.3 Å². The zero-order chi connectivity index (χ0) is 11.3. The van der Waals surface area contributed by atoms with E-state index < -0.39 is 6.04 Å². The first-order valence-electron chi connectivity index (χ1n) is 5.01. The maximum Gasteiger partial charge on any atom is 0.127 e. The number of benzene rings is 1. The van der Waals surface area contributed by atoms with Crippen molar-refractivity contribution in [3.8, 4) is 11.8 Å². The molecule has 0 spiro atoms. The average Bonchev–Trinajstić information content (AvgIpc) is 2.26. The van der Waals surface area contributed by atoms with Crippen LogP contribution in [0.25, 0.3) is 0 Å². The van der Waals surface area contributed by atoms with Crippen LogP contribution >= 0.6 is 0 Å². The van der Waals surface area contributed by atoms with Crippen LogP contribution in [-0.4, -0.2) is 12.6 Å². The molecule has 1 rings (SSSR count). The first kappa shape index (κ1) is 11.5. The van der Waals surface area contributed by atoms with E-state index in [0.29, 0.717) is 5.92 Å². The molecule has 15 heavy (non-hydrogen) atoms. The van der Waals surface area contributed by atoms with Gasteiger partial charge in [-0.15, -0.1) is 0 Å². The van der Waals surface area contributed by atoms with Crippen LogP contribution in [0.15, 0.2) is 24.3 Å². The lowest BCUT2D eigenvalue weighted by Gasteiger charge is -2.09. The number of nitrogens with two attached hydrogens (primary N) is 1. The summed E-state index contributed by atoms with van der Waals surface area (Å²) in [6.45, 7) is 4.51. The first-order chi connectivity index (χ1) is 7.13. The van der Waals surface area contributed by atoms with Crippen LogP contribution in [0, 0.1) is 11.3 Å². The quantitative estimate of drug-likeness (QED) is 0.816. The molecule has 3 nitrogen and oxygen atoms in total. The molecule has 0 aromatic heterocycles. The topological polar surface area (TPSA) is 59.0 Å². The Hall–Kier alpha value is -1.53. The van der Waals surface area contributed by atoms with Crippen molar-refractivity contribution in [3.05, 3.63) is 29.8 Å². The Kier molecular flexibility index (Phi) is 4.14. The first-order valence-corrected chi connectivity index (χ1v) is 5.01. The van der Waals surface area contributed by atoms with Crippen LogP contribution in [0.3, 0.4) is 0 Å². The lowest BCUT2D eigenvalue weighted by molar-refractivity contribution is 0.308. The number of hydrogen-bond acceptors (Lipinski definition) is 3. The van der Waals surface area contributed by atoms with E-state index in [0.717, 1.165) is 5.75 Å². The van der Waals surface area contributed by atoms with Crippen molar-refractivity contribution in [2.24, 2.45) is 5.73 Å². The van der Waals surface area contributed by atoms with Crippen molar-refractivity contribution in [2.45, 2.75) is 25.8 Å². The average molecular weight is 204 g/mol. The van der Waals surface area contributed by atoms with Gasteiger partial charge >= 0.3 is 0 Å². The van der Waals surface area contributed by atoms with E-state index in [9.17, 15) is 0 Å². The minimum atomic E-state index is -0.560. The molecule has 0 aliphatic rings. The second-order valence-corrected chi connectivity index (χ2v) is 3.77. The number of rotatable bonds is 4. The third kappa shape index (κ3) is 3.61. The molecule has 0 saturated carbocycles. The highest BCUT2D eigenvalue weighted by Crippen LogP contribution is 2.18. The van der Waals surface area contributed by atoms with E-state index in [4.69, 9.17) is 15.7 Å². The Bertz CT molecular complexity index is 338. The van der Waals surface area contributed by atoms with E-state index in [-0.39, 0.29) is 6.61 Å². The summed E-state index contributed by atoms with van der Waals surface area (Å²) in [5.41, 5.74) is 6.68. The van der Waals surface area contributed by atoms with E-state index >= 15 is 0 Å². The van der Waals surface area contributed by atoms with Crippen LogP contribution in [0.5, 0.6) is 5.75 Å². The van der Waals surface area contributed by atoms with Crippen molar-refractivity contribution in [1.29, 1.82) is 5.26 Å². The highest BCUT2D eigenvalue weighted by molar-refractivity contribution is 5.28. The summed E-state index contributed by atoms with van der Waals surface area (Å²) in [7, 11) is 0. The molecule has 0 bridgehead atoms. The van der Waals surface area contributed by atoms with E-state index in [1.165, 1.54) is 5.56 Å². The smallest absolute Gasteiger partial charge is 0.127 e. The minimum Gasteiger partial charge on any atom is -0.491 e.